The van der Waals surface area contributed by atoms with Crippen molar-refractivity contribution in [2.24, 2.45) is 5.14 Å². The Morgan fingerprint density at radius 2 is 1.67 bits per heavy atom. The van der Waals surface area contributed by atoms with E-state index in [1.54, 1.807) is 0 Å². The van der Waals surface area contributed by atoms with E-state index in [-0.39, 0.29) is 5.75 Å². The highest BCUT2D eigenvalue weighted by molar-refractivity contribution is 7.95. The molecule has 0 aliphatic carbocycles. The third-order valence-electron chi connectivity index (χ3n) is 3.05. The highest BCUT2D eigenvalue weighted by Gasteiger charge is 2.21. The lowest BCUT2D eigenvalue weighted by molar-refractivity contribution is -0.0498. The lowest BCUT2D eigenvalue weighted by atomic mass is 10.2. The second-order valence-electron chi connectivity index (χ2n) is 5.06. The summed E-state index contributed by atoms with van der Waals surface area (Å²) in [4.78, 5) is -0.990. The van der Waals surface area contributed by atoms with E-state index in [4.69, 9.17) is 5.14 Å². The van der Waals surface area contributed by atoms with Crippen molar-refractivity contribution in [3.63, 3.8) is 0 Å². The molecule has 0 amide bonds. The van der Waals surface area contributed by atoms with Crippen LogP contribution in [-0.2, 0) is 20.0 Å². The van der Waals surface area contributed by atoms with Crippen LogP contribution in [-0.4, -0.2) is 23.4 Å². The average Bonchev–Trinajstić information content (AvgIpc) is 2.52. The van der Waals surface area contributed by atoms with Crippen LogP contribution < -0.4 is 14.6 Å². The number of benzene rings is 2. The lowest BCUT2D eigenvalue weighted by Gasteiger charge is -2.10. The van der Waals surface area contributed by atoms with Gasteiger partial charge < -0.3 is 4.74 Å². The van der Waals surface area contributed by atoms with Gasteiger partial charge in [-0.3, -0.25) is 4.72 Å². The van der Waals surface area contributed by atoms with Gasteiger partial charge in [-0.1, -0.05) is 18.2 Å². The van der Waals surface area contributed by atoms with Crippen LogP contribution in [0.4, 0.5) is 18.9 Å². The van der Waals surface area contributed by atoms with Crippen molar-refractivity contribution in [1.82, 2.24) is 0 Å². The van der Waals surface area contributed by atoms with Gasteiger partial charge in [0, 0.05) is 0 Å². The predicted molar refractivity (Wildman–Crippen MR) is 92.4 cm³/mol. The van der Waals surface area contributed by atoms with Gasteiger partial charge in [0.05, 0.1) is 11.1 Å². The van der Waals surface area contributed by atoms with Crippen molar-refractivity contribution in [3.8, 4) is 5.75 Å². The maximum Gasteiger partial charge on any atom is 0.387 e. The van der Waals surface area contributed by atoms with Crippen molar-refractivity contribution in [2.45, 2.75) is 11.5 Å². The number of alkyl halides is 2. The van der Waals surface area contributed by atoms with Gasteiger partial charge in [-0.25, -0.2) is 26.4 Å². The molecule has 146 valence electrons. The fourth-order valence-electron chi connectivity index (χ4n) is 1.99. The van der Waals surface area contributed by atoms with Gasteiger partial charge in [0.2, 0.25) is 10.0 Å². The molecule has 0 unspecified atom stereocenters. The summed E-state index contributed by atoms with van der Waals surface area (Å²) in [6, 6.07) is 8.01. The van der Waals surface area contributed by atoms with E-state index in [1.165, 1.54) is 24.3 Å². The first-order valence-electron chi connectivity index (χ1n) is 7.05. The van der Waals surface area contributed by atoms with Crippen LogP contribution in [0.15, 0.2) is 52.8 Å². The third kappa shape index (κ3) is 5.98. The fourth-order valence-corrected chi connectivity index (χ4v) is 3.71. The largest absolute Gasteiger partial charge is 0.435 e. The Balaban J connectivity index is 2.23. The molecule has 0 saturated heterocycles. The number of nitrogens with one attached hydrogen (secondary N) is 1. The monoisotopic (exact) mass is 422 g/mol. The first-order chi connectivity index (χ1) is 12.5. The number of sulfonamides is 2. The zero-order chi connectivity index (χ0) is 20.2. The van der Waals surface area contributed by atoms with E-state index in [0.29, 0.717) is 11.0 Å². The summed E-state index contributed by atoms with van der Waals surface area (Å²) in [6.45, 7) is -2.99. The summed E-state index contributed by atoms with van der Waals surface area (Å²) >= 11 is 0. The summed E-state index contributed by atoms with van der Waals surface area (Å²) in [5.41, 5.74) is -0.226. The number of halogens is 3. The van der Waals surface area contributed by atoms with E-state index in [1.807, 2.05) is 4.72 Å². The molecule has 0 radical (unpaired) electrons. The van der Waals surface area contributed by atoms with E-state index >= 15 is 0 Å². The number of ether oxygens (including phenoxy) is 1. The maximum absolute atomic E-state index is 13.7. The van der Waals surface area contributed by atoms with Crippen LogP contribution in [0.1, 0.15) is 5.56 Å². The Hall–Kier alpha value is -2.57. The van der Waals surface area contributed by atoms with Crippen molar-refractivity contribution in [2.75, 3.05) is 4.72 Å². The maximum atomic E-state index is 13.7. The van der Waals surface area contributed by atoms with Gasteiger partial charge in [-0.15, -0.1) is 0 Å². The van der Waals surface area contributed by atoms with Gasteiger partial charge in [0.15, 0.2) is 0 Å². The van der Waals surface area contributed by atoms with Crippen LogP contribution in [0.3, 0.4) is 0 Å². The van der Waals surface area contributed by atoms with Crippen LogP contribution in [0, 0.1) is 5.82 Å². The fraction of sp³-hybridized carbons (Fsp3) is 0.0667. The molecule has 0 saturated carbocycles. The minimum Gasteiger partial charge on any atom is -0.435 e. The number of rotatable bonds is 7. The van der Waals surface area contributed by atoms with Crippen LogP contribution in [0.2, 0.25) is 0 Å². The zero-order valence-corrected chi connectivity index (χ0v) is 15.0. The van der Waals surface area contributed by atoms with Crippen molar-refractivity contribution < 1.29 is 34.7 Å². The number of hydrogen-bond acceptors (Lipinski definition) is 5. The first kappa shape index (κ1) is 20.7. The Bertz CT molecular complexity index is 1050. The summed E-state index contributed by atoms with van der Waals surface area (Å²) < 4.78 is 91.1. The zero-order valence-electron chi connectivity index (χ0n) is 13.3. The molecule has 0 bridgehead atoms. The molecular formula is C15H13F3N2O5S2. The molecular weight excluding hydrogens is 409 g/mol. The SMILES string of the molecule is NS(=O)(=O)c1c(F)cccc1NS(=O)(=O)C=Cc1ccc(OC(F)F)cc1. The minimum atomic E-state index is -4.52. The van der Waals surface area contributed by atoms with Crippen molar-refractivity contribution in [3.05, 3.63) is 59.3 Å². The molecule has 2 rings (SSSR count). The molecule has 3 N–H and O–H groups in total. The molecule has 0 atom stereocenters. The Morgan fingerprint density at radius 3 is 2.22 bits per heavy atom. The summed E-state index contributed by atoms with van der Waals surface area (Å²) in [5.74, 6) is -1.32. The highest BCUT2D eigenvalue weighted by atomic mass is 32.2. The number of nitrogens with two attached hydrogens (primary N) is 1. The molecule has 0 heterocycles. The number of primary sulfonamides is 1. The Morgan fingerprint density at radius 1 is 1.04 bits per heavy atom. The highest BCUT2D eigenvalue weighted by Crippen LogP contribution is 2.24. The molecule has 0 fully saturated rings. The quantitative estimate of drug-likeness (QED) is 0.711. The van der Waals surface area contributed by atoms with Crippen molar-refractivity contribution >= 4 is 31.8 Å². The van der Waals surface area contributed by atoms with Crippen LogP contribution in [0.5, 0.6) is 5.75 Å². The van der Waals surface area contributed by atoms with Crippen molar-refractivity contribution in [1.29, 1.82) is 0 Å². The molecule has 7 nitrogen and oxygen atoms in total. The van der Waals surface area contributed by atoms with Gasteiger partial charge in [-0.05, 0) is 35.9 Å². The molecule has 12 heteroatoms. The van der Waals surface area contributed by atoms with Crippen LogP contribution >= 0.6 is 0 Å². The number of anilines is 1. The molecule has 0 aliphatic rings. The van der Waals surface area contributed by atoms with Gasteiger partial charge in [0.25, 0.3) is 10.0 Å². The Kier molecular flexibility index (Phi) is 6.13. The van der Waals surface area contributed by atoms with Gasteiger partial charge in [0.1, 0.15) is 16.5 Å². The van der Waals surface area contributed by atoms with E-state index in [2.05, 4.69) is 4.74 Å². The Labute approximate surface area is 153 Å². The predicted octanol–water partition coefficient (Wildman–Crippen LogP) is 2.49. The van der Waals surface area contributed by atoms with Crippen LogP contribution in [0.25, 0.3) is 6.08 Å². The first-order valence-corrected chi connectivity index (χ1v) is 10.1. The normalized spacial score (nSPS) is 12.5. The lowest BCUT2D eigenvalue weighted by Crippen LogP contribution is -2.19. The standard InChI is InChI=1S/C15H13F3N2O5S2/c16-12-2-1-3-13(14(12)27(19,23)24)20-26(21,22)9-8-10-4-6-11(7-5-10)25-15(17)18/h1-9,15,20H,(H2,19,23,24). The summed E-state index contributed by atoms with van der Waals surface area (Å²) in [5, 5.41) is 5.59. The second-order valence-corrected chi connectivity index (χ2v) is 8.12. The van der Waals surface area contributed by atoms with Gasteiger partial charge in [-0.2, -0.15) is 8.78 Å². The summed E-state index contributed by atoms with van der Waals surface area (Å²) in [6.07, 6.45) is 1.12. The molecule has 0 aliphatic heterocycles. The topological polar surface area (TPSA) is 116 Å². The molecule has 0 spiro atoms. The molecule has 27 heavy (non-hydrogen) atoms. The molecule has 2 aromatic rings. The second kappa shape index (κ2) is 7.98. The summed E-state index contributed by atoms with van der Waals surface area (Å²) in [7, 11) is -8.75. The van der Waals surface area contributed by atoms with E-state index in [9.17, 15) is 30.0 Å². The van der Waals surface area contributed by atoms with Gasteiger partial charge >= 0.3 is 6.61 Å². The van der Waals surface area contributed by atoms with E-state index < -0.39 is 43.1 Å². The molecule has 2 aromatic carbocycles. The minimum absolute atomic E-state index is 0.110. The average molecular weight is 422 g/mol. The third-order valence-corrected chi connectivity index (χ3v) is 5.03. The van der Waals surface area contributed by atoms with E-state index in [0.717, 1.165) is 24.3 Å². The molecule has 0 aromatic heterocycles. The number of hydrogen-bond donors (Lipinski definition) is 2. The smallest absolute Gasteiger partial charge is 0.387 e.